The zero-order valence-corrected chi connectivity index (χ0v) is 20.1. The first kappa shape index (κ1) is 21.2. The average molecular weight is 523 g/mol. The largest absolute Gasteiger partial charge is 0.448 e. The minimum absolute atomic E-state index is 0.153. The molecule has 34 heavy (non-hydrogen) atoms. The van der Waals surface area contributed by atoms with Crippen molar-refractivity contribution in [2.75, 3.05) is 35.3 Å². The summed E-state index contributed by atoms with van der Waals surface area (Å²) in [4.78, 5) is 25.5. The van der Waals surface area contributed by atoms with Crippen molar-refractivity contribution < 1.29 is 14.3 Å². The number of fused-ring (bicyclic) bond motifs is 2. The summed E-state index contributed by atoms with van der Waals surface area (Å²) in [6, 6.07) is 13.2. The second-order valence-electron chi connectivity index (χ2n) is 8.57. The minimum atomic E-state index is -0.572. The van der Waals surface area contributed by atoms with E-state index in [0.717, 1.165) is 53.1 Å². The summed E-state index contributed by atoms with van der Waals surface area (Å²) in [5, 5.41) is 6.56. The number of anilines is 4. The van der Waals surface area contributed by atoms with E-state index in [9.17, 15) is 4.79 Å². The molecule has 3 aliphatic heterocycles. The number of hydrogen-bond donors (Lipinski definition) is 2. The molecule has 2 amide bonds. The Balaban J connectivity index is 1.23. The molecule has 1 fully saturated rings. The smallest absolute Gasteiger partial charge is 0.330 e. The maximum Gasteiger partial charge on any atom is 0.330 e. The SMILES string of the molecule is CN1C(=O)N(c2ccccc2Br)Cc2cnc(Nc3ccc4c(c3)OC3(CCNCC3)O4)nc21. The Labute approximate surface area is 205 Å². The number of halogens is 1. The lowest BCUT2D eigenvalue weighted by Gasteiger charge is -2.34. The molecule has 2 aromatic carbocycles. The van der Waals surface area contributed by atoms with E-state index in [1.54, 1.807) is 23.0 Å². The van der Waals surface area contributed by atoms with E-state index in [-0.39, 0.29) is 6.03 Å². The van der Waals surface area contributed by atoms with Gasteiger partial charge in [0.25, 0.3) is 5.79 Å². The van der Waals surface area contributed by atoms with Crippen LogP contribution in [0.25, 0.3) is 0 Å². The molecule has 1 spiro atoms. The number of urea groups is 1. The molecule has 2 N–H and O–H groups in total. The zero-order chi connectivity index (χ0) is 23.3. The summed E-state index contributed by atoms with van der Waals surface area (Å²) in [5.41, 5.74) is 2.45. The van der Waals surface area contributed by atoms with Gasteiger partial charge in [0.15, 0.2) is 11.5 Å². The van der Waals surface area contributed by atoms with Gasteiger partial charge in [-0.25, -0.2) is 9.78 Å². The van der Waals surface area contributed by atoms with Crippen molar-refractivity contribution in [3.8, 4) is 11.5 Å². The van der Waals surface area contributed by atoms with Crippen LogP contribution >= 0.6 is 15.9 Å². The van der Waals surface area contributed by atoms with Gasteiger partial charge in [0.2, 0.25) is 5.95 Å². The highest BCUT2D eigenvalue weighted by Gasteiger charge is 2.42. The quantitative estimate of drug-likeness (QED) is 0.526. The Kier molecular flexibility index (Phi) is 5.07. The van der Waals surface area contributed by atoms with E-state index in [4.69, 9.17) is 9.47 Å². The summed E-state index contributed by atoms with van der Waals surface area (Å²) in [7, 11) is 1.72. The van der Waals surface area contributed by atoms with Crippen LogP contribution in [0.15, 0.2) is 53.1 Å². The first-order valence-corrected chi connectivity index (χ1v) is 12.0. The molecule has 0 atom stereocenters. The molecule has 3 aliphatic rings. The number of piperidine rings is 1. The van der Waals surface area contributed by atoms with Crippen LogP contribution in [-0.2, 0) is 6.54 Å². The molecular formula is C24H23BrN6O3. The molecule has 1 saturated heterocycles. The maximum absolute atomic E-state index is 13.1. The standard InChI is InChI=1S/C24H23BrN6O3/c1-30-21-15(14-31(23(30)32)18-5-3-2-4-17(18)25)13-27-22(29-21)28-16-6-7-19-20(12-16)34-24(33-19)8-10-26-11-9-24/h2-7,12-13,26H,8-11,14H2,1H3,(H,27,28,29). The van der Waals surface area contributed by atoms with Crippen LogP contribution in [0.2, 0.25) is 0 Å². The number of rotatable bonds is 3. The summed E-state index contributed by atoms with van der Waals surface area (Å²) < 4.78 is 13.2. The van der Waals surface area contributed by atoms with Crippen molar-refractivity contribution in [2.24, 2.45) is 0 Å². The highest BCUT2D eigenvalue weighted by molar-refractivity contribution is 9.10. The van der Waals surface area contributed by atoms with Crippen LogP contribution in [0.5, 0.6) is 11.5 Å². The summed E-state index contributed by atoms with van der Waals surface area (Å²) in [6.45, 7) is 2.13. The van der Waals surface area contributed by atoms with Crippen LogP contribution in [-0.4, -0.2) is 41.9 Å². The second-order valence-corrected chi connectivity index (χ2v) is 9.43. The molecule has 0 radical (unpaired) electrons. The highest BCUT2D eigenvalue weighted by atomic mass is 79.9. The second kappa shape index (κ2) is 8.14. The number of carbonyl (C=O) groups is 1. The summed E-state index contributed by atoms with van der Waals surface area (Å²) in [6.07, 6.45) is 3.36. The lowest BCUT2D eigenvalue weighted by atomic mass is 10.1. The van der Waals surface area contributed by atoms with E-state index in [1.165, 1.54) is 0 Å². The van der Waals surface area contributed by atoms with Crippen molar-refractivity contribution in [2.45, 2.75) is 25.2 Å². The van der Waals surface area contributed by atoms with Gasteiger partial charge < -0.3 is 20.1 Å². The minimum Gasteiger partial charge on any atom is -0.448 e. The van der Waals surface area contributed by atoms with Gasteiger partial charge in [0.05, 0.1) is 12.2 Å². The van der Waals surface area contributed by atoms with Crippen LogP contribution in [0, 0.1) is 0 Å². The fourth-order valence-electron chi connectivity index (χ4n) is 4.54. The zero-order valence-electron chi connectivity index (χ0n) is 18.5. The van der Waals surface area contributed by atoms with Gasteiger partial charge >= 0.3 is 6.03 Å². The predicted molar refractivity (Wildman–Crippen MR) is 132 cm³/mol. The lowest BCUT2D eigenvalue weighted by Crippen LogP contribution is -2.48. The average Bonchev–Trinajstić information content (AvgIpc) is 3.19. The Morgan fingerprint density at radius 1 is 1.12 bits per heavy atom. The van der Waals surface area contributed by atoms with E-state index in [0.29, 0.717) is 24.1 Å². The topological polar surface area (TPSA) is 91.9 Å². The van der Waals surface area contributed by atoms with Gasteiger partial charge in [-0.3, -0.25) is 9.80 Å². The third-order valence-corrected chi connectivity index (χ3v) is 6.98. The Morgan fingerprint density at radius 3 is 2.74 bits per heavy atom. The Bertz CT molecular complexity index is 1280. The molecule has 0 aliphatic carbocycles. The fourth-order valence-corrected chi connectivity index (χ4v) is 5.04. The summed E-state index contributed by atoms with van der Waals surface area (Å²) >= 11 is 3.54. The number of para-hydroxylation sites is 1. The lowest BCUT2D eigenvalue weighted by molar-refractivity contribution is -0.0998. The first-order chi connectivity index (χ1) is 16.5. The Morgan fingerprint density at radius 2 is 1.91 bits per heavy atom. The normalized spacial score (nSPS) is 18.2. The highest BCUT2D eigenvalue weighted by Crippen LogP contribution is 2.44. The van der Waals surface area contributed by atoms with Gasteiger partial charge in [-0.05, 0) is 40.2 Å². The van der Waals surface area contributed by atoms with E-state index >= 15 is 0 Å². The molecule has 3 aromatic rings. The third kappa shape index (κ3) is 3.63. The van der Waals surface area contributed by atoms with Crippen LogP contribution in [0.1, 0.15) is 18.4 Å². The molecule has 4 heterocycles. The predicted octanol–water partition coefficient (Wildman–Crippen LogP) is 4.41. The van der Waals surface area contributed by atoms with Crippen molar-refractivity contribution in [3.63, 3.8) is 0 Å². The van der Waals surface area contributed by atoms with E-state index in [2.05, 4.69) is 36.5 Å². The number of nitrogens with zero attached hydrogens (tertiary/aromatic N) is 4. The molecular weight excluding hydrogens is 500 g/mol. The fraction of sp³-hybridized carbons (Fsp3) is 0.292. The number of ether oxygens (including phenoxy) is 2. The van der Waals surface area contributed by atoms with Gasteiger partial charge in [0.1, 0.15) is 5.82 Å². The Hall–Kier alpha value is -3.37. The monoisotopic (exact) mass is 522 g/mol. The summed E-state index contributed by atoms with van der Waals surface area (Å²) in [5.74, 6) is 1.87. The molecule has 6 rings (SSSR count). The molecule has 1 aromatic heterocycles. The molecule has 0 saturated carbocycles. The van der Waals surface area contributed by atoms with Gasteiger partial charge in [-0.1, -0.05) is 12.1 Å². The molecule has 174 valence electrons. The van der Waals surface area contributed by atoms with Gasteiger partial charge in [0, 0.05) is 61.0 Å². The molecule has 0 bridgehead atoms. The van der Waals surface area contributed by atoms with Crippen LogP contribution < -0.4 is 29.9 Å². The van der Waals surface area contributed by atoms with Crippen LogP contribution in [0.3, 0.4) is 0 Å². The molecule has 9 nitrogen and oxygen atoms in total. The van der Waals surface area contributed by atoms with Gasteiger partial charge in [-0.15, -0.1) is 0 Å². The van der Waals surface area contributed by atoms with Crippen molar-refractivity contribution in [1.82, 2.24) is 15.3 Å². The number of carbonyl (C=O) groups excluding carboxylic acids is 1. The molecule has 10 heteroatoms. The number of nitrogens with one attached hydrogen (secondary N) is 2. The first-order valence-electron chi connectivity index (χ1n) is 11.2. The van der Waals surface area contributed by atoms with Crippen molar-refractivity contribution in [1.29, 1.82) is 0 Å². The number of hydrogen-bond acceptors (Lipinski definition) is 7. The van der Waals surface area contributed by atoms with Crippen molar-refractivity contribution >= 4 is 45.1 Å². The van der Waals surface area contributed by atoms with Gasteiger partial charge in [-0.2, -0.15) is 4.98 Å². The maximum atomic E-state index is 13.1. The van der Waals surface area contributed by atoms with Crippen molar-refractivity contribution in [3.05, 3.63) is 58.7 Å². The number of benzene rings is 2. The van der Waals surface area contributed by atoms with E-state index < -0.39 is 5.79 Å². The third-order valence-electron chi connectivity index (χ3n) is 6.31. The molecule has 0 unspecified atom stereocenters. The van der Waals surface area contributed by atoms with Crippen LogP contribution in [0.4, 0.5) is 27.9 Å². The number of amides is 2. The number of aromatic nitrogens is 2. The van der Waals surface area contributed by atoms with E-state index in [1.807, 2.05) is 42.5 Å².